The summed E-state index contributed by atoms with van der Waals surface area (Å²) >= 11 is 0. The van der Waals surface area contributed by atoms with Gasteiger partial charge in [0.2, 0.25) is 11.9 Å². The lowest BCUT2D eigenvalue weighted by molar-refractivity contribution is -0.126. The summed E-state index contributed by atoms with van der Waals surface area (Å²) in [6.45, 7) is 5.92. The van der Waals surface area contributed by atoms with E-state index in [9.17, 15) is 9.18 Å². The van der Waals surface area contributed by atoms with E-state index in [0.29, 0.717) is 12.1 Å². The SMILES string of the molecule is CC(C)NC(=O)C1CCN(c2nc3ccccc3n2Cc2ccccc2F)CC1. The van der Waals surface area contributed by atoms with Crippen LogP contribution in [0.3, 0.4) is 0 Å². The van der Waals surface area contributed by atoms with E-state index in [1.165, 1.54) is 6.07 Å². The fourth-order valence-electron chi connectivity index (χ4n) is 4.00. The molecule has 6 heteroatoms. The number of nitrogens with one attached hydrogen (secondary N) is 1. The normalized spacial score (nSPS) is 15.2. The predicted molar refractivity (Wildman–Crippen MR) is 113 cm³/mol. The number of benzene rings is 2. The highest BCUT2D eigenvalue weighted by atomic mass is 19.1. The summed E-state index contributed by atoms with van der Waals surface area (Å²) in [5.74, 6) is 0.815. The maximum atomic E-state index is 14.3. The van der Waals surface area contributed by atoms with Crippen molar-refractivity contribution in [3.05, 3.63) is 59.9 Å². The van der Waals surface area contributed by atoms with Crippen LogP contribution in [0.4, 0.5) is 10.3 Å². The minimum absolute atomic E-state index is 0.0399. The van der Waals surface area contributed by atoms with Crippen LogP contribution in [0.5, 0.6) is 0 Å². The number of nitrogens with zero attached hydrogens (tertiary/aromatic N) is 3. The average Bonchev–Trinajstić information content (AvgIpc) is 3.08. The van der Waals surface area contributed by atoms with Gasteiger partial charge in [-0.1, -0.05) is 30.3 Å². The standard InChI is InChI=1S/C23H27FN4O/c1-16(2)25-22(29)17-11-13-27(14-12-17)23-26-20-9-5-6-10-21(20)28(23)15-18-7-3-4-8-19(18)24/h3-10,16-17H,11-15H2,1-2H3,(H,25,29). The van der Waals surface area contributed by atoms with E-state index in [0.717, 1.165) is 42.9 Å². The molecule has 0 radical (unpaired) electrons. The van der Waals surface area contributed by atoms with Crippen molar-refractivity contribution < 1.29 is 9.18 Å². The van der Waals surface area contributed by atoms with Crippen LogP contribution in [0.25, 0.3) is 11.0 Å². The largest absolute Gasteiger partial charge is 0.354 e. The number of amides is 1. The van der Waals surface area contributed by atoms with Crippen molar-refractivity contribution in [3.8, 4) is 0 Å². The van der Waals surface area contributed by atoms with E-state index >= 15 is 0 Å². The summed E-state index contributed by atoms with van der Waals surface area (Å²) in [5.41, 5.74) is 2.53. The number of carbonyl (C=O) groups is 1. The monoisotopic (exact) mass is 394 g/mol. The number of rotatable bonds is 5. The van der Waals surface area contributed by atoms with Crippen molar-refractivity contribution in [3.63, 3.8) is 0 Å². The summed E-state index contributed by atoms with van der Waals surface area (Å²) in [6, 6.07) is 15.0. The van der Waals surface area contributed by atoms with Crippen LogP contribution in [-0.4, -0.2) is 34.6 Å². The van der Waals surface area contributed by atoms with Crippen molar-refractivity contribution in [1.29, 1.82) is 0 Å². The number of fused-ring (bicyclic) bond motifs is 1. The van der Waals surface area contributed by atoms with Crippen molar-refractivity contribution >= 4 is 22.9 Å². The van der Waals surface area contributed by atoms with Crippen LogP contribution >= 0.6 is 0 Å². The van der Waals surface area contributed by atoms with Gasteiger partial charge in [0.1, 0.15) is 5.82 Å². The molecular weight excluding hydrogens is 367 g/mol. The van der Waals surface area contributed by atoms with E-state index in [2.05, 4.69) is 14.8 Å². The smallest absolute Gasteiger partial charge is 0.223 e. The number of hydrogen-bond acceptors (Lipinski definition) is 3. The third-order valence-electron chi connectivity index (χ3n) is 5.50. The van der Waals surface area contributed by atoms with Gasteiger partial charge in [0.05, 0.1) is 17.6 Å². The van der Waals surface area contributed by atoms with Crippen LogP contribution in [0.1, 0.15) is 32.3 Å². The molecule has 0 unspecified atom stereocenters. The first kappa shape index (κ1) is 19.4. The first-order chi connectivity index (χ1) is 14.0. The van der Waals surface area contributed by atoms with Gasteiger partial charge in [-0.3, -0.25) is 4.79 Å². The maximum Gasteiger partial charge on any atom is 0.223 e. The van der Waals surface area contributed by atoms with Gasteiger partial charge in [-0.25, -0.2) is 9.37 Å². The number of hydrogen-bond donors (Lipinski definition) is 1. The first-order valence-electron chi connectivity index (χ1n) is 10.3. The topological polar surface area (TPSA) is 50.2 Å². The van der Waals surface area contributed by atoms with Crippen molar-refractivity contribution in [2.24, 2.45) is 5.92 Å². The Kier molecular flexibility index (Phi) is 5.51. The molecule has 29 heavy (non-hydrogen) atoms. The van der Waals surface area contributed by atoms with E-state index in [1.54, 1.807) is 6.07 Å². The highest BCUT2D eigenvalue weighted by Crippen LogP contribution is 2.28. The zero-order valence-corrected chi connectivity index (χ0v) is 16.9. The second kappa shape index (κ2) is 8.23. The Hall–Kier alpha value is -2.89. The summed E-state index contributed by atoms with van der Waals surface area (Å²) in [4.78, 5) is 19.4. The molecule has 1 N–H and O–H groups in total. The molecule has 5 nitrogen and oxygen atoms in total. The van der Waals surface area contributed by atoms with E-state index in [1.807, 2.05) is 50.2 Å². The van der Waals surface area contributed by atoms with Crippen LogP contribution in [-0.2, 0) is 11.3 Å². The fourth-order valence-corrected chi connectivity index (χ4v) is 4.00. The highest BCUT2D eigenvalue weighted by molar-refractivity contribution is 5.80. The minimum Gasteiger partial charge on any atom is -0.354 e. The summed E-state index contributed by atoms with van der Waals surface area (Å²) in [7, 11) is 0. The molecule has 0 aliphatic carbocycles. The quantitative estimate of drug-likeness (QED) is 0.713. The lowest BCUT2D eigenvalue weighted by atomic mass is 9.96. The van der Waals surface area contributed by atoms with Gasteiger partial charge in [0.15, 0.2) is 0 Å². The Balaban J connectivity index is 1.60. The van der Waals surface area contributed by atoms with Gasteiger partial charge in [0.25, 0.3) is 0 Å². The molecule has 1 amide bonds. The predicted octanol–water partition coefficient (Wildman–Crippen LogP) is 3.96. The first-order valence-corrected chi connectivity index (χ1v) is 10.3. The Labute approximate surface area is 170 Å². The molecule has 0 saturated carbocycles. The maximum absolute atomic E-state index is 14.3. The second-order valence-electron chi connectivity index (χ2n) is 8.00. The Morgan fingerprint density at radius 2 is 1.83 bits per heavy atom. The molecule has 152 valence electrons. The molecule has 3 aromatic rings. The molecule has 1 saturated heterocycles. The Bertz CT molecular complexity index is 1010. The number of piperidine rings is 1. The molecule has 1 aliphatic rings. The molecule has 1 aromatic heterocycles. The third kappa shape index (κ3) is 4.11. The van der Waals surface area contributed by atoms with Gasteiger partial charge in [-0.15, -0.1) is 0 Å². The molecule has 2 heterocycles. The minimum atomic E-state index is -0.208. The van der Waals surface area contributed by atoms with Crippen LogP contribution < -0.4 is 10.2 Å². The van der Waals surface area contributed by atoms with E-state index < -0.39 is 0 Å². The molecule has 4 rings (SSSR count). The van der Waals surface area contributed by atoms with Crippen molar-refractivity contribution in [2.75, 3.05) is 18.0 Å². The molecule has 0 spiro atoms. The molecule has 1 fully saturated rings. The lowest BCUT2D eigenvalue weighted by Crippen LogP contribution is -2.43. The Morgan fingerprint density at radius 3 is 2.55 bits per heavy atom. The summed E-state index contributed by atoms with van der Waals surface area (Å²) in [6.07, 6.45) is 1.59. The number of anilines is 1. The average molecular weight is 394 g/mol. The van der Waals surface area contributed by atoms with E-state index in [4.69, 9.17) is 4.98 Å². The molecule has 0 atom stereocenters. The number of halogens is 1. The number of aromatic nitrogens is 2. The molecule has 2 aromatic carbocycles. The molecular formula is C23H27FN4O. The van der Waals surface area contributed by atoms with Gasteiger partial charge in [-0.2, -0.15) is 0 Å². The van der Waals surface area contributed by atoms with E-state index in [-0.39, 0.29) is 23.7 Å². The summed E-state index contributed by atoms with van der Waals surface area (Å²) < 4.78 is 16.4. The van der Waals surface area contributed by atoms with Crippen LogP contribution in [0.15, 0.2) is 48.5 Å². The van der Waals surface area contributed by atoms with Crippen molar-refractivity contribution in [1.82, 2.24) is 14.9 Å². The van der Waals surface area contributed by atoms with Gasteiger partial charge in [0, 0.05) is 30.6 Å². The van der Waals surface area contributed by atoms with Crippen molar-refractivity contribution in [2.45, 2.75) is 39.3 Å². The molecule has 0 bridgehead atoms. The molecule has 1 aliphatic heterocycles. The summed E-state index contributed by atoms with van der Waals surface area (Å²) in [5, 5.41) is 3.02. The number of carbonyl (C=O) groups excluding carboxylic acids is 1. The zero-order chi connectivity index (χ0) is 20.4. The van der Waals surface area contributed by atoms with Gasteiger partial charge >= 0.3 is 0 Å². The fraction of sp³-hybridized carbons (Fsp3) is 0.391. The third-order valence-corrected chi connectivity index (χ3v) is 5.50. The highest BCUT2D eigenvalue weighted by Gasteiger charge is 2.28. The lowest BCUT2D eigenvalue weighted by Gasteiger charge is -2.32. The zero-order valence-electron chi connectivity index (χ0n) is 16.9. The van der Waals surface area contributed by atoms with Gasteiger partial charge < -0.3 is 14.8 Å². The number of imidazole rings is 1. The van der Waals surface area contributed by atoms with Crippen LogP contribution in [0, 0.1) is 11.7 Å². The van der Waals surface area contributed by atoms with Gasteiger partial charge in [-0.05, 0) is 44.9 Å². The van der Waals surface area contributed by atoms with Crippen LogP contribution in [0.2, 0.25) is 0 Å². The Morgan fingerprint density at radius 1 is 1.14 bits per heavy atom. The number of para-hydroxylation sites is 2. The second-order valence-corrected chi connectivity index (χ2v) is 8.00.